The summed E-state index contributed by atoms with van der Waals surface area (Å²) in [6, 6.07) is -1.80. The van der Waals surface area contributed by atoms with E-state index in [9.17, 15) is 14.4 Å². The highest BCUT2D eigenvalue weighted by Gasteiger charge is 2.20. The van der Waals surface area contributed by atoms with Crippen molar-refractivity contribution in [3.05, 3.63) is 0 Å². The first-order chi connectivity index (χ1) is 8.97. The quantitative estimate of drug-likeness (QED) is 0.347. The van der Waals surface area contributed by atoms with Crippen LogP contribution in [0.3, 0.4) is 0 Å². The maximum atomic E-state index is 11.4. The molecular weight excluding hydrogens is 254 g/mol. The number of amides is 2. The number of urea groups is 1. The van der Waals surface area contributed by atoms with Crippen molar-refractivity contribution < 1.29 is 24.6 Å². The van der Waals surface area contributed by atoms with E-state index in [4.69, 9.17) is 15.9 Å². The van der Waals surface area contributed by atoms with Crippen molar-refractivity contribution in [2.24, 2.45) is 5.73 Å². The second-order valence-electron chi connectivity index (χ2n) is 4.07. The van der Waals surface area contributed by atoms with E-state index in [0.29, 0.717) is 13.1 Å². The first kappa shape index (κ1) is 17.2. The fraction of sp³-hybridized carbons (Fsp3) is 0.727. The summed E-state index contributed by atoms with van der Waals surface area (Å²) >= 11 is 0. The Labute approximate surface area is 111 Å². The third kappa shape index (κ3) is 9.83. The summed E-state index contributed by atoms with van der Waals surface area (Å²) in [6.07, 6.45) is 2.06. The molecule has 0 radical (unpaired) electrons. The van der Waals surface area contributed by atoms with Crippen LogP contribution in [-0.2, 0) is 9.59 Å². The topological polar surface area (TPSA) is 142 Å². The summed E-state index contributed by atoms with van der Waals surface area (Å²) in [6.45, 7) is 1.03. The minimum absolute atomic E-state index is 0.148. The number of carbonyl (C=O) groups is 3. The molecule has 0 saturated carbocycles. The standard InChI is InChI=1S/C11H21N3O5/c12-6-2-1-3-7-13-11(19)14-8(10(17)18)4-5-9(15)16/h8H,1-7,12H2,(H,15,16)(H,17,18)(H2,13,14,19). The normalized spacial score (nSPS) is 11.6. The molecule has 19 heavy (non-hydrogen) atoms. The van der Waals surface area contributed by atoms with E-state index in [1.54, 1.807) is 0 Å². The molecule has 110 valence electrons. The molecule has 0 fully saturated rings. The van der Waals surface area contributed by atoms with E-state index in [1.165, 1.54) is 0 Å². The Kier molecular flexibility index (Phi) is 9.15. The van der Waals surface area contributed by atoms with Crippen molar-refractivity contribution in [3.8, 4) is 0 Å². The van der Waals surface area contributed by atoms with Gasteiger partial charge in [0.1, 0.15) is 6.04 Å². The first-order valence-corrected chi connectivity index (χ1v) is 6.16. The van der Waals surface area contributed by atoms with Gasteiger partial charge in [-0.25, -0.2) is 9.59 Å². The highest BCUT2D eigenvalue weighted by Crippen LogP contribution is 1.98. The Balaban J connectivity index is 3.90. The maximum absolute atomic E-state index is 11.4. The van der Waals surface area contributed by atoms with E-state index in [0.717, 1.165) is 19.3 Å². The van der Waals surface area contributed by atoms with E-state index in [1.807, 2.05) is 0 Å². The molecule has 0 aromatic heterocycles. The fourth-order valence-corrected chi connectivity index (χ4v) is 1.38. The Morgan fingerprint density at radius 1 is 1.11 bits per heavy atom. The number of unbranched alkanes of at least 4 members (excludes halogenated alkanes) is 2. The number of carboxylic acids is 2. The van der Waals surface area contributed by atoms with Gasteiger partial charge in [0.15, 0.2) is 0 Å². The molecule has 2 amide bonds. The van der Waals surface area contributed by atoms with Crippen LogP contribution in [0.15, 0.2) is 0 Å². The monoisotopic (exact) mass is 275 g/mol. The van der Waals surface area contributed by atoms with Crippen LogP contribution in [0.4, 0.5) is 4.79 Å². The Hall–Kier alpha value is -1.83. The lowest BCUT2D eigenvalue weighted by Gasteiger charge is -2.14. The zero-order chi connectivity index (χ0) is 14.7. The second kappa shape index (κ2) is 10.1. The molecule has 6 N–H and O–H groups in total. The summed E-state index contributed by atoms with van der Waals surface area (Å²) in [5, 5.41) is 22.0. The summed E-state index contributed by atoms with van der Waals surface area (Å²) in [7, 11) is 0. The lowest BCUT2D eigenvalue weighted by atomic mass is 10.1. The summed E-state index contributed by atoms with van der Waals surface area (Å²) < 4.78 is 0. The zero-order valence-corrected chi connectivity index (χ0v) is 10.7. The summed E-state index contributed by atoms with van der Waals surface area (Å²) in [4.78, 5) is 32.5. The van der Waals surface area contributed by atoms with Crippen LogP contribution < -0.4 is 16.4 Å². The largest absolute Gasteiger partial charge is 0.481 e. The SMILES string of the molecule is NCCCCCNC(=O)NC(CCC(=O)O)C(=O)O. The third-order valence-electron chi connectivity index (χ3n) is 2.42. The molecule has 8 nitrogen and oxygen atoms in total. The van der Waals surface area contributed by atoms with Crippen LogP contribution in [-0.4, -0.2) is 47.3 Å². The van der Waals surface area contributed by atoms with Gasteiger partial charge < -0.3 is 26.6 Å². The summed E-state index contributed by atoms with van der Waals surface area (Å²) in [5.41, 5.74) is 5.31. The Bertz CT molecular complexity index is 309. The van der Waals surface area contributed by atoms with Crippen LogP contribution >= 0.6 is 0 Å². The van der Waals surface area contributed by atoms with Gasteiger partial charge in [0.05, 0.1) is 0 Å². The Morgan fingerprint density at radius 2 is 1.79 bits per heavy atom. The highest BCUT2D eigenvalue weighted by atomic mass is 16.4. The van der Waals surface area contributed by atoms with Gasteiger partial charge in [-0.3, -0.25) is 4.79 Å². The van der Waals surface area contributed by atoms with Gasteiger partial charge in [0.25, 0.3) is 0 Å². The molecule has 0 aliphatic rings. The average Bonchev–Trinajstić information content (AvgIpc) is 2.33. The van der Waals surface area contributed by atoms with Gasteiger partial charge in [-0.2, -0.15) is 0 Å². The maximum Gasteiger partial charge on any atom is 0.326 e. The van der Waals surface area contributed by atoms with E-state index in [-0.39, 0.29) is 12.8 Å². The number of nitrogens with one attached hydrogen (secondary N) is 2. The molecule has 0 heterocycles. The number of rotatable bonds is 10. The van der Waals surface area contributed by atoms with Crippen molar-refractivity contribution in [1.29, 1.82) is 0 Å². The molecule has 0 bridgehead atoms. The van der Waals surface area contributed by atoms with Crippen molar-refractivity contribution in [2.75, 3.05) is 13.1 Å². The van der Waals surface area contributed by atoms with E-state index >= 15 is 0 Å². The van der Waals surface area contributed by atoms with Crippen LogP contribution in [0, 0.1) is 0 Å². The number of hydrogen-bond acceptors (Lipinski definition) is 4. The molecule has 0 aliphatic carbocycles. The van der Waals surface area contributed by atoms with E-state index in [2.05, 4.69) is 10.6 Å². The van der Waals surface area contributed by atoms with Crippen LogP contribution in [0.2, 0.25) is 0 Å². The average molecular weight is 275 g/mol. The predicted octanol–water partition coefficient (Wildman–Crippen LogP) is -0.267. The number of aliphatic carboxylic acids is 2. The van der Waals surface area contributed by atoms with Crippen molar-refractivity contribution in [3.63, 3.8) is 0 Å². The fourth-order valence-electron chi connectivity index (χ4n) is 1.38. The second-order valence-corrected chi connectivity index (χ2v) is 4.07. The lowest BCUT2D eigenvalue weighted by Crippen LogP contribution is -2.46. The number of hydrogen-bond donors (Lipinski definition) is 5. The van der Waals surface area contributed by atoms with Crippen LogP contribution in [0.1, 0.15) is 32.1 Å². The van der Waals surface area contributed by atoms with Gasteiger partial charge in [0, 0.05) is 13.0 Å². The lowest BCUT2D eigenvalue weighted by molar-refractivity contribution is -0.140. The minimum Gasteiger partial charge on any atom is -0.481 e. The molecule has 8 heteroatoms. The summed E-state index contributed by atoms with van der Waals surface area (Å²) in [5.74, 6) is -2.35. The molecule has 0 aromatic rings. The first-order valence-electron chi connectivity index (χ1n) is 6.16. The number of nitrogens with two attached hydrogens (primary N) is 1. The highest BCUT2D eigenvalue weighted by molar-refractivity contribution is 5.82. The van der Waals surface area contributed by atoms with Gasteiger partial charge in [-0.15, -0.1) is 0 Å². The number of carbonyl (C=O) groups excluding carboxylic acids is 1. The molecule has 0 saturated heterocycles. The van der Waals surface area contributed by atoms with Gasteiger partial charge in [-0.1, -0.05) is 6.42 Å². The van der Waals surface area contributed by atoms with Crippen molar-refractivity contribution in [2.45, 2.75) is 38.1 Å². The molecular formula is C11H21N3O5. The molecule has 1 unspecified atom stereocenters. The minimum atomic E-state index is -1.25. The van der Waals surface area contributed by atoms with Crippen LogP contribution in [0.25, 0.3) is 0 Å². The van der Waals surface area contributed by atoms with Gasteiger partial charge in [-0.05, 0) is 25.8 Å². The smallest absolute Gasteiger partial charge is 0.326 e. The van der Waals surface area contributed by atoms with Gasteiger partial charge in [0.2, 0.25) is 0 Å². The van der Waals surface area contributed by atoms with Crippen LogP contribution in [0.5, 0.6) is 0 Å². The predicted molar refractivity (Wildman–Crippen MR) is 67.7 cm³/mol. The van der Waals surface area contributed by atoms with Crippen molar-refractivity contribution >= 4 is 18.0 Å². The zero-order valence-electron chi connectivity index (χ0n) is 10.7. The third-order valence-corrected chi connectivity index (χ3v) is 2.42. The number of carboxylic acid groups (broad SMARTS) is 2. The molecule has 0 rings (SSSR count). The molecule has 0 aromatic carbocycles. The molecule has 1 atom stereocenters. The van der Waals surface area contributed by atoms with E-state index < -0.39 is 24.0 Å². The van der Waals surface area contributed by atoms with Crippen molar-refractivity contribution in [1.82, 2.24) is 10.6 Å². The molecule has 0 spiro atoms. The molecule has 0 aliphatic heterocycles. The Morgan fingerprint density at radius 3 is 2.32 bits per heavy atom. The van der Waals surface area contributed by atoms with Gasteiger partial charge >= 0.3 is 18.0 Å².